The molecule has 0 N–H and O–H groups in total. The van der Waals surface area contributed by atoms with Crippen molar-refractivity contribution >= 4 is 10.1 Å². The first-order chi connectivity index (χ1) is 9.76. The van der Waals surface area contributed by atoms with Gasteiger partial charge < -0.3 is 0 Å². The molecule has 0 atom stereocenters. The van der Waals surface area contributed by atoms with Crippen molar-refractivity contribution in [1.29, 1.82) is 0 Å². The normalized spacial score (nSPS) is 17.9. The van der Waals surface area contributed by atoms with Gasteiger partial charge in [0.25, 0.3) is 10.1 Å². The Bertz CT molecular complexity index is 547. The third-order valence-corrected chi connectivity index (χ3v) is 5.39. The van der Waals surface area contributed by atoms with Gasteiger partial charge in [-0.2, -0.15) is 8.42 Å². The summed E-state index contributed by atoms with van der Waals surface area (Å²) in [6.45, 7) is 5.21. The van der Waals surface area contributed by atoms with Crippen LogP contribution in [0.15, 0.2) is 29.2 Å². The van der Waals surface area contributed by atoms with Crippen LogP contribution in [0.2, 0.25) is 0 Å². The van der Waals surface area contributed by atoms with E-state index in [0.29, 0.717) is 0 Å². The molecule has 0 aromatic heterocycles. The zero-order valence-electron chi connectivity index (χ0n) is 13.3. The van der Waals surface area contributed by atoms with Crippen LogP contribution in [0.25, 0.3) is 0 Å². The zero-order valence-corrected chi connectivity index (χ0v) is 14.1. The lowest BCUT2D eigenvalue weighted by molar-refractivity contribution is 0.139. The molecule has 1 aromatic rings. The molecule has 0 amide bonds. The number of hydrogen-bond donors (Lipinski definition) is 0. The predicted octanol–water partition coefficient (Wildman–Crippen LogP) is 4.31. The second kappa shape index (κ2) is 6.49. The quantitative estimate of drug-likeness (QED) is 0.778. The Kier molecular flexibility index (Phi) is 5.10. The topological polar surface area (TPSA) is 43.4 Å². The van der Waals surface area contributed by atoms with E-state index in [1.54, 1.807) is 32.9 Å². The van der Waals surface area contributed by atoms with E-state index in [2.05, 4.69) is 0 Å². The average molecular weight is 310 g/mol. The van der Waals surface area contributed by atoms with Crippen LogP contribution >= 0.6 is 0 Å². The van der Waals surface area contributed by atoms with Gasteiger partial charge >= 0.3 is 0 Å². The lowest BCUT2D eigenvalue weighted by Gasteiger charge is -2.22. The maximum Gasteiger partial charge on any atom is 0.297 e. The second-order valence-electron chi connectivity index (χ2n) is 7.00. The maximum atomic E-state index is 12.1. The standard InChI is InChI=1S/C17H26O3S/c1-17(2,3)20-21(18,19)16-11-9-15(10-12-16)13-14-7-5-4-6-8-14/h9-12,14H,4-8,13H2,1-3H3. The van der Waals surface area contributed by atoms with Gasteiger partial charge in [-0.15, -0.1) is 0 Å². The third-order valence-electron chi connectivity index (χ3n) is 3.82. The molecule has 0 unspecified atom stereocenters. The van der Waals surface area contributed by atoms with E-state index in [1.807, 2.05) is 12.1 Å². The first kappa shape index (κ1) is 16.5. The van der Waals surface area contributed by atoms with Crippen LogP contribution < -0.4 is 0 Å². The second-order valence-corrected chi connectivity index (χ2v) is 8.55. The highest BCUT2D eigenvalue weighted by atomic mass is 32.2. The van der Waals surface area contributed by atoms with Crippen molar-refractivity contribution in [3.8, 4) is 0 Å². The molecule has 0 radical (unpaired) electrons. The van der Waals surface area contributed by atoms with E-state index in [0.717, 1.165) is 12.3 Å². The van der Waals surface area contributed by atoms with E-state index >= 15 is 0 Å². The van der Waals surface area contributed by atoms with Gasteiger partial charge in [0.2, 0.25) is 0 Å². The Balaban J connectivity index is 2.04. The molecule has 4 heteroatoms. The molecule has 0 saturated heterocycles. The minimum Gasteiger partial charge on any atom is -0.261 e. The van der Waals surface area contributed by atoms with Gasteiger partial charge in [-0.25, -0.2) is 0 Å². The van der Waals surface area contributed by atoms with Crippen molar-refractivity contribution in [2.24, 2.45) is 5.92 Å². The largest absolute Gasteiger partial charge is 0.297 e. The average Bonchev–Trinajstić information content (AvgIpc) is 2.38. The van der Waals surface area contributed by atoms with E-state index < -0.39 is 15.7 Å². The minimum atomic E-state index is -3.67. The van der Waals surface area contributed by atoms with Gasteiger partial charge in [-0.05, 0) is 50.8 Å². The van der Waals surface area contributed by atoms with Crippen molar-refractivity contribution in [2.75, 3.05) is 0 Å². The van der Waals surface area contributed by atoms with Crippen molar-refractivity contribution in [3.05, 3.63) is 29.8 Å². The Labute approximate surface area is 128 Å². The highest BCUT2D eigenvalue weighted by Gasteiger charge is 2.24. The van der Waals surface area contributed by atoms with Crippen LogP contribution in [-0.2, 0) is 20.7 Å². The van der Waals surface area contributed by atoms with Crippen molar-refractivity contribution < 1.29 is 12.6 Å². The van der Waals surface area contributed by atoms with Gasteiger partial charge in [-0.3, -0.25) is 4.18 Å². The van der Waals surface area contributed by atoms with E-state index in [1.165, 1.54) is 37.7 Å². The molecule has 1 aromatic carbocycles. The summed E-state index contributed by atoms with van der Waals surface area (Å²) in [7, 11) is -3.67. The number of hydrogen-bond acceptors (Lipinski definition) is 3. The zero-order chi connectivity index (χ0) is 15.5. The van der Waals surface area contributed by atoms with Crippen molar-refractivity contribution in [3.63, 3.8) is 0 Å². The minimum absolute atomic E-state index is 0.241. The van der Waals surface area contributed by atoms with Gasteiger partial charge in [0.15, 0.2) is 0 Å². The van der Waals surface area contributed by atoms with Crippen LogP contribution in [-0.4, -0.2) is 14.0 Å². The Hall–Kier alpha value is -0.870. The van der Waals surface area contributed by atoms with E-state index in [4.69, 9.17) is 4.18 Å². The summed E-state index contributed by atoms with van der Waals surface area (Å²) < 4.78 is 29.4. The third kappa shape index (κ3) is 5.11. The number of rotatable bonds is 4. The monoisotopic (exact) mass is 310 g/mol. The fraction of sp³-hybridized carbons (Fsp3) is 0.647. The molecule has 0 spiro atoms. The first-order valence-electron chi connectivity index (χ1n) is 7.81. The Morgan fingerprint density at radius 1 is 1.05 bits per heavy atom. The lowest BCUT2D eigenvalue weighted by atomic mass is 9.85. The molecule has 21 heavy (non-hydrogen) atoms. The first-order valence-corrected chi connectivity index (χ1v) is 9.22. The van der Waals surface area contributed by atoms with Crippen LogP contribution in [0.3, 0.4) is 0 Å². The van der Waals surface area contributed by atoms with Crippen LogP contribution in [0.5, 0.6) is 0 Å². The van der Waals surface area contributed by atoms with E-state index in [-0.39, 0.29) is 4.90 Å². The van der Waals surface area contributed by atoms with Crippen LogP contribution in [0.1, 0.15) is 58.4 Å². The van der Waals surface area contributed by atoms with Crippen molar-refractivity contribution in [1.82, 2.24) is 0 Å². The summed E-state index contributed by atoms with van der Waals surface area (Å²) in [4.78, 5) is 0.241. The Morgan fingerprint density at radius 2 is 1.62 bits per heavy atom. The predicted molar refractivity (Wildman–Crippen MR) is 84.7 cm³/mol. The smallest absolute Gasteiger partial charge is 0.261 e. The van der Waals surface area contributed by atoms with Crippen LogP contribution in [0, 0.1) is 5.92 Å². The SMILES string of the molecule is CC(C)(C)OS(=O)(=O)c1ccc(CC2CCCCC2)cc1. The molecular formula is C17H26O3S. The van der Waals surface area contributed by atoms with E-state index in [9.17, 15) is 8.42 Å². The van der Waals surface area contributed by atoms with Gasteiger partial charge in [-0.1, -0.05) is 44.2 Å². The maximum absolute atomic E-state index is 12.1. The number of benzene rings is 1. The summed E-state index contributed by atoms with van der Waals surface area (Å²) in [5.41, 5.74) is 0.510. The summed E-state index contributed by atoms with van der Waals surface area (Å²) >= 11 is 0. The van der Waals surface area contributed by atoms with Gasteiger partial charge in [0.1, 0.15) is 0 Å². The molecule has 1 saturated carbocycles. The molecule has 1 fully saturated rings. The molecule has 2 rings (SSSR count). The highest BCUT2D eigenvalue weighted by Crippen LogP contribution is 2.27. The summed E-state index contributed by atoms with van der Waals surface area (Å²) in [5, 5.41) is 0. The molecule has 118 valence electrons. The summed E-state index contributed by atoms with van der Waals surface area (Å²) in [6, 6.07) is 7.18. The Morgan fingerprint density at radius 3 is 2.14 bits per heavy atom. The molecule has 1 aliphatic rings. The highest BCUT2D eigenvalue weighted by molar-refractivity contribution is 7.86. The summed E-state index contributed by atoms with van der Waals surface area (Å²) in [6.07, 6.45) is 7.67. The summed E-state index contributed by atoms with van der Waals surface area (Å²) in [5.74, 6) is 0.757. The fourth-order valence-electron chi connectivity index (χ4n) is 2.89. The fourth-order valence-corrected chi connectivity index (χ4v) is 4.12. The molecule has 0 heterocycles. The molecule has 0 aliphatic heterocycles. The van der Waals surface area contributed by atoms with Crippen molar-refractivity contribution in [2.45, 2.75) is 69.8 Å². The molecule has 0 bridgehead atoms. The van der Waals surface area contributed by atoms with Gasteiger partial charge in [0, 0.05) is 0 Å². The van der Waals surface area contributed by atoms with Gasteiger partial charge in [0.05, 0.1) is 10.5 Å². The van der Waals surface area contributed by atoms with Crippen LogP contribution in [0.4, 0.5) is 0 Å². The molecular weight excluding hydrogens is 284 g/mol. The molecule has 1 aliphatic carbocycles. The molecule has 3 nitrogen and oxygen atoms in total. The lowest BCUT2D eigenvalue weighted by Crippen LogP contribution is -2.24.